The molecule has 1 heterocycles. The van der Waals surface area contributed by atoms with E-state index in [2.05, 4.69) is 35.9 Å². The summed E-state index contributed by atoms with van der Waals surface area (Å²) in [5.74, 6) is 0. The van der Waals surface area contributed by atoms with Gasteiger partial charge in [-0.05, 0) is 26.5 Å². The Morgan fingerprint density at radius 2 is 1.87 bits per heavy atom. The molecule has 1 saturated heterocycles. The van der Waals surface area contributed by atoms with E-state index in [1.807, 2.05) is 6.92 Å². The molecule has 0 saturated carbocycles. The second-order valence-electron chi connectivity index (χ2n) is 4.02. The van der Waals surface area contributed by atoms with E-state index in [4.69, 9.17) is 11.6 Å². The smallest absolute Gasteiger partial charge is 0.0508 e. The summed E-state index contributed by atoms with van der Waals surface area (Å²) in [5, 5.41) is 0.893. The van der Waals surface area contributed by atoms with E-state index >= 15 is 0 Å². The molecule has 1 rings (SSSR count). The topological polar surface area (TPSA) is 6.48 Å². The van der Waals surface area contributed by atoms with Crippen LogP contribution in [0, 0.1) is 0 Å². The average Bonchev–Trinajstić information content (AvgIpc) is 2.21. The number of rotatable bonds is 3. The van der Waals surface area contributed by atoms with Gasteiger partial charge in [0.2, 0.25) is 0 Å². The third kappa shape index (κ3) is 3.88. The van der Waals surface area contributed by atoms with E-state index < -0.39 is 0 Å². The van der Waals surface area contributed by atoms with Gasteiger partial charge in [0.25, 0.3) is 0 Å². The normalized spacial score (nSPS) is 20.9. The second-order valence-corrected chi connectivity index (χ2v) is 4.59. The second kappa shape index (κ2) is 6.19. The molecule has 0 aromatic rings. The molecule has 0 radical (unpaired) electrons. The Balaban J connectivity index is 2.66. The summed E-state index contributed by atoms with van der Waals surface area (Å²) in [6.07, 6.45) is 5.37. The Morgan fingerprint density at radius 1 is 1.27 bits per heavy atom. The molecule has 0 aliphatic carbocycles. The maximum Gasteiger partial charge on any atom is 0.0508 e. The van der Waals surface area contributed by atoms with Crippen LogP contribution in [0.25, 0.3) is 0 Å². The molecule has 1 aliphatic rings. The van der Waals surface area contributed by atoms with Crippen LogP contribution in [0.15, 0.2) is 22.9 Å². The molecular weight excluding hydrogens is 208 g/mol. The highest BCUT2D eigenvalue weighted by Gasteiger charge is 2.15. The summed E-state index contributed by atoms with van der Waals surface area (Å²) in [6.45, 7) is 8.49. The lowest BCUT2D eigenvalue weighted by atomic mass is 10.2. The predicted octanol–water partition coefficient (Wildman–Crippen LogP) is 2.67. The molecule has 1 aliphatic heterocycles. The van der Waals surface area contributed by atoms with Crippen LogP contribution >= 0.6 is 11.6 Å². The fraction of sp³-hybridized carbons (Fsp3) is 0.667. The first kappa shape index (κ1) is 12.6. The fourth-order valence-electron chi connectivity index (χ4n) is 1.71. The van der Waals surface area contributed by atoms with Gasteiger partial charge < -0.3 is 9.80 Å². The van der Waals surface area contributed by atoms with Gasteiger partial charge in [-0.3, -0.25) is 0 Å². The maximum absolute atomic E-state index is 6.12. The Bertz CT molecular complexity index is 246. The molecule has 0 spiro atoms. The van der Waals surface area contributed by atoms with Gasteiger partial charge in [-0.15, -0.1) is 0 Å². The van der Waals surface area contributed by atoms with Crippen molar-refractivity contribution in [3.8, 4) is 0 Å². The highest BCUT2D eigenvalue weighted by molar-refractivity contribution is 6.29. The zero-order valence-corrected chi connectivity index (χ0v) is 10.7. The first-order valence-corrected chi connectivity index (χ1v) is 5.99. The number of nitrogens with zero attached hydrogens (tertiary/aromatic N) is 2. The SMILES string of the molecule is CC/C=C\C(=C(/C)Cl)N1CCN(C)CC1. The minimum absolute atomic E-state index is 0.893. The summed E-state index contributed by atoms with van der Waals surface area (Å²) in [4.78, 5) is 4.72. The largest absolute Gasteiger partial charge is 0.368 e. The molecule has 0 aromatic carbocycles. The lowest BCUT2D eigenvalue weighted by molar-refractivity contribution is 0.189. The Morgan fingerprint density at radius 3 is 2.33 bits per heavy atom. The third-order valence-corrected chi connectivity index (χ3v) is 2.90. The van der Waals surface area contributed by atoms with Gasteiger partial charge in [0, 0.05) is 31.2 Å². The van der Waals surface area contributed by atoms with Crippen molar-refractivity contribution in [1.29, 1.82) is 0 Å². The summed E-state index contributed by atoms with van der Waals surface area (Å²) in [5.41, 5.74) is 1.19. The van der Waals surface area contributed by atoms with Crippen LogP contribution < -0.4 is 0 Å². The molecule has 15 heavy (non-hydrogen) atoms. The standard InChI is InChI=1S/C12H21ClN2/c1-4-5-6-12(11(2)13)15-9-7-14(3)8-10-15/h5-6H,4,7-10H2,1-3H3/b6-5-,12-11-. The molecule has 0 aromatic heterocycles. The Kier molecular flexibility index (Phi) is 5.20. The molecule has 1 fully saturated rings. The lowest BCUT2D eigenvalue weighted by Gasteiger charge is -2.35. The first-order chi connectivity index (χ1) is 7.15. The van der Waals surface area contributed by atoms with Crippen LogP contribution in [0.3, 0.4) is 0 Å². The van der Waals surface area contributed by atoms with E-state index in [1.165, 1.54) is 5.70 Å². The van der Waals surface area contributed by atoms with E-state index in [1.54, 1.807) is 0 Å². The summed E-state index contributed by atoms with van der Waals surface area (Å²) < 4.78 is 0. The summed E-state index contributed by atoms with van der Waals surface area (Å²) in [6, 6.07) is 0. The number of hydrogen-bond donors (Lipinski definition) is 0. The van der Waals surface area contributed by atoms with Crippen LogP contribution in [0.1, 0.15) is 20.3 Å². The van der Waals surface area contributed by atoms with E-state index in [-0.39, 0.29) is 0 Å². The predicted molar refractivity (Wildman–Crippen MR) is 67.1 cm³/mol. The quantitative estimate of drug-likeness (QED) is 0.686. The summed E-state index contributed by atoms with van der Waals surface area (Å²) in [7, 11) is 2.16. The zero-order chi connectivity index (χ0) is 11.3. The zero-order valence-electron chi connectivity index (χ0n) is 9.96. The average molecular weight is 229 g/mol. The van der Waals surface area contributed by atoms with Crippen LogP contribution in [-0.4, -0.2) is 43.0 Å². The Labute approximate surface area is 98.2 Å². The third-order valence-electron chi connectivity index (χ3n) is 2.71. The maximum atomic E-state index is 6.12. The van der Waals surface area contributed by atoms with E-state index in [0.717, 1.165) is 37.6 Å². The number of hydrogen-bond acceptors (Lipinski definition) is 2. The van der Waals surface area contributed by atoms with Crippen LogP contribution in [0.4, 0.5) is 0 Å². The van der Waals surface area contributed by atoms with Crippen LogP contribution in [-0.2, 0) is 0 Å². The number of halogens is 1. The number of likely N-dealkylation sites (N-methyl/N-ethyl adjacent to an activating group) is 1. The van der Waals surface area contributed by atoms with Crippen molar-refractivity contribution in [2.75, 3.05) is 33.2 Å². The van der Waals surface area contributed by atoms with Gasteiger partial charge in [0.1, 0.15) is 0 Å². The van der Waals surface area contributed by atoms with Crippen molar-refractivity contribution >= 4 is 11.6 Å². The van der Waals surface area contributed by atoms with Gasteiger partial charge in [-0.25, -0.2) is 0 Å². The molecule has 0 atom stereocenters. The van der Waals surface area contributed by atoms with Gasteiger partial charge in [-0.1, -0.05) is 24.6 Å². The molecule has 0 N–H and O–H groups in total. The molecule has 2 nitrogen and oxygen atoms in total. The van der Waals surface area contributed by atoms with Crippen molar-refractivity contribution in [2.24, 2.45) is 0 Å². The van der Waals surface area contributed by atoms with Crippen LogP contribution in [0.2, 0.25) is 0 Å². The lowest BCUT2D eigenvalue weighted by Crippen LogP contribution is -2.43. The highest BCUT2D eigenvalue weighted by atomic mass is 35.5. The van der Waals surface area contributed by atoms with Crippen LogP contribution in [0.5, 0.6) is 0 Å². The molecule has 0 bridgehead atoms. The number of piperazine rings is 1. The van der Waals surface area contributed by atoms with Gasteiger partial charge in [0.05, 0.1) is 5.70 Å². The van der Waals surface area contributed by atoms with Crippen molar-refractivity contribution in [2.45, 2.75) is 20.3 Å². The molecule has 0 amide bonds. The van der Waals surface area contributed by atoms with Crippen molar-refractivity contribution in [3.63, 3.8) is 0 Å². The first-order valence-electron chi connectivity index (χ1n) is 5.61. The fourth-order valence-corrected chi connectivity index (χ4v) is 1.90. The van der Waals surface area contributed by atoms with Crippen molar-refractivity contribution in [3.05, 3.63) is 22.9 Å². The summed E-state index contributed by atoms with van der Waals surface area (Å²) >= 11 is 6.12. The van der Waals surface area contributed by atoms with Crippen molar-refractivity contribution in [1.82, 2.24) is 9.80 Å². The monoisotopic (exact) mass is 228 g/mol. The minimum Gasteiger partial charge on any atom is -0.368 e. The van der Waals surface area contributed by atoms with E-state index in [9.17, 15) is 0 Å². The highest BCUT2D eigenvalue weighted by Crippen LogP contribution is 2.17. The minimum atomic E-state index is 0.893. The molecule has 86 valence electrons. The Hall–Kier alpha value is -0.470. The molecular formula is C12H21ClN2. The van der Waals surface area contributed by atoms with E-state index in [0.29, 0.717) is 0 Å². The van der Waals surface area contributed by atoms with Gasteiger partial charge in [-0.2, -0.15) is 0 Å². The molecule has 0 unspecified atom stereocenters. The number of allylic oxidation sites excluding steroid dienone is 3. The van der Waals surface area contributed by atoms with Gasteiger partial charge >= 0.3 is 0 Å². The molecule has 3 heteroatoms. The van der Waals surface area contributed by atoms with Crippen molar-refractivity contribution < 1.29 is 0 Å². The van der Waals surface area contributed by atoms with Gasteiger partial charge in [0.15, 0.2) is 0 Å².